The van der Waals surface area contributed by atoms with Gasteiger partial charge in [-0.2, -0.15) is 0 Å². The van der Waals surface area contributed by atoms with Crippen LogP contribution in [0.25, 0.3) is 11.1 Å². The van der Waals surface area contributed by atoms with E-state index in [1.807, 2.05) is 26.0 Å². The molecule has 0 bridgehead atoms. The molecule has 1 aliphatic heterocycles. The molecule has 0 aliphatic carbocycles. The van der Waals surface area contributed by atoms with E-state index in [1.165, 1.54) is 24.9 Å². The zero-order chi connectivity index (χ0) is 19.4. The van der Waals surface area contributed by atoms with Gasteiger partial charge in [0.1, 0.15) is 0 Å². The summed E-state index contributed by atoms with van der Waals surface area (Å²) in [5.41, 5.74) is 3.54. The molecular weight excluding hydrogens is 354 g/mol. The number of rotatable bonds is 7. The van der Waals surface area contributed by atoms with Crippen molar-refractivity contribution in [3.05, 3.63) is 54.1 Å². The minimum Gasteiger partial charge on any atom is -0.300 e. The average molecular weight is 386 g/mol. The van der Waals surface area contributed by atoms with Gasteiger partial charge < -0.3 is 4.90 Å². The summed E-state index contributed by atoms with van der Waals surface area (Å²) in [6.45, 7) is 8.53. The number of nitrogens with zero attached hydrogens (tertiary/aromatic N) is 1. The van der Waals surface area contributed by atoms with E-state index in [1.54, 1.807) is 12.1 Å². The molecule has 1 heterocycles. The van der Waals surface area contributed by atoms with Gasteiger partial charge in [0, 0.05) is 12.6 Å². The van der Waals surface area contributed by atoms with Gasteiger partial charge in [0.15, 0.2) is 9.84 Å². The highest BCUT2D eigenvalue weighted by molar-refractivity contribution is 7.91. The van der Waals surface area contributed by atoms with Crippen molar-refractivity contribution in [3.8, 4) is 11.1 Å². The van der Waals surface area contributed by atoms with Crippen molar-refractivity contribution in [1.82, 2.24) is 4.90 Å². The Bertz CT molecular complexity index is 839. The average Bonchev–Trinajstić information content (AvgIpc) is 3.04. The van der Waals surface area contributed by atoms with E-state index in [-0.39, 0.29) is 11.7 Å². The van der Waals surface area contributed by atoms with Crippen LogP contribution < -0.4 is 0 Å². The molecule has 0 radical (unpaired) electrons. The highest BCUT2D eigenvalue weighted by Gasteiger charge is 2.19. The maximum Gasteiger partial charge on any atom is 0.178 e. The summed E-state index contributed by atoms with van der Waals surface area (Å²) in [6.07, 6.45) is 3.72. The number of benzene rings is 2. The minimum absolute atomic E-state index is 0.130. The Labute approximate surface area is 164 Å². The Balaban J connectivity index is 1.64. The Morgan fingerprint density at radius 3 is 2.11 bits per heavy atom. The lowest BCUT2D eigenvalue weighted by atomic mass is 10.0. The number of hydrogen-bond acceptors (Lipinski definition) is 3. The van der Waals surface area contributed by atoms with E-state index in [4.69, 9.17) is 0 Å². The first-order valence-corrected chi connectivity index (χ1v) is 11.7. The zero-order valence-corrected chi connectivity index (χ0v) is 17.5. The summed E-state index contributed by atoms with van der Waals surface area (Å²) in [6, 6.07) is 16.7. The SMILES string of the molecule is CC(C)CS(=O)(=O)c1ccc(-c2ccc(CCN3CCCC3C)cc2)cc1. The van der Waals surface area contributed by atoms with Gasteiger partial charge in [0.25, 0.3) is 0 Å². The molecule has 1 aliphatic rings. The van der Waals surface area contributed by atoms with Gasteiger partial charge in [-0.1, -0.05) is 50.2 Å². The first kappa shape index (κ1) is 20.1. The molecule has 1 atom stereocenters. The molecule has 1 unspecified atom stereocenters. The Kier molecular flexibility index (Phi) is 6.38. The van der Waals surface area contributed by atoms with Gasteiger partial charge in [-0.25, -0.2) is 8.42 Å². The molecule has 2 aromatic carbocycles. The number of likely N-dealkylation sites (tertiary alicyclic amines) is 1. The fourth-order valence-electron chi connectivity index (χ4n) is 3.85. The second-order valence-electron chi connectivity index (χ2n) is 8.17. The fraction of sp³-hybridized carbons (Fsp3) is 0.478. The van der Waals surface area contributed by atoms with Crippen LogP contribution in [0.2, 0.25) is 0 Å². The normalized spacial score (nSPS) is 18.3. The quantitative estimate of drug-likeness (QED) is 0.686. The maximum atomic E-state index is 12.3. The van der Waals surface area contributed by atoms with Crippen LogP contribution in [0.4, 0.5) is 0 Å². The van der Waals surface area contributed by atoms with Crippen molar-refractivity contribution < 1.29 is 8.42 Å². The largest absolute Gasteiger partial charge is 0.300 e. The second-order valence-corrected chi connectivity index (χ2v) is 10.2. The minimum atomic E-state index is -3.19. The topological polar surface area (TPSA) is 37.4 Å². The predicted molar refractivity (Wildman–Crippen MR) is 113 cm³/mol. The van der Waals surface area contributed by atoms with E-state index in [9.17, 15) is 8.42 Å². The van der Waals surface area contributed by atoms with Crippen LogP contribution in [0.5, 0.6) is 0 Å². The predicted octanol–water partition coefficient (Wildman–Crippen LogP) is 4.81. The summed E-state index contributed by atoms with van der Waals surface area (Å²) in [7, 11) is -3.19. The zero-order valence-electron chi connectivity index (χ0n) is 16.7. The third kappa shape index (κ3) is 5.20. The van der Waals surface area contributed by atoms with Gasteiger partial charge in [-0.15, -0.1) is 0 Å². The van der Waals surface area contributed by atoms with Crippen LogP contribution in [0.1, 0.15) is 39.2 Å². The summed E-state index contributed by atoms with van der Waals surface area (Å²) >= 11 is 0. The Morgan fingerprint density at radius 1 is 1.00 bits per heavy atom. The van der Waals surface area contributed by atoms with Crippen molar-refractivity contribution in [2.45, 2.75) is 51.0 Å². The third-order valence-corrected chi connectivity index (χ3v) is 7.53. The van der Waals surface area contributed by atoms with Crippen molar-refractivity contribution in [2.75, 3.05) is 18.8 Å². The molecule has 146 valence electrons. The highest BCUT2D eigenvalue weighted by atomic mass is 32.2. The first-order valence-electron chi connectivity index (χ1n) is 10.0. The van der Waals surface area contributed by atoms with Crippen LogP contribution in [0.15, 0.2) is 53.4 Å². The Hall–Kier alpha value is -1.65. The molecule has 2 aromatic rings. The summed E-state index contributed by atoms with van der Waals surface area (Å²) in [5.74, 6) is 0.321. The first-order chi connectivity index (χ1) is 12.8. The molecule has 0 aromatic heterocycles. The molecular formula is C23H31NO2S. The Morgan fingerprint density at radius 2 is 1.59 bits per heavy atom. The summed E-state index contributed by atoms with van der Waals surface area (Å²) in [4.78, 5) is 2.99. The maximum absolute atomic E-state index is 12.3. The van der Waals surface area contributed by atoms with E-state index < -0.39 is 9.84 Å². The smallest absolute Gasteiger partial charge is 0.178 e. The molecule has 0 saturated carbocycles. The van der Waals surface area contributed by atoms with Gasteiger partial charge in [-0.05, 0) is 67.5 Å². The molecule has 0 N–H and O–H groups in total. The summed E-state index contributed by atoms with van der Waals surface area (Å²) in [5, 5.41) is 0. The molecule has 4 heteroatoms. The lowest BCUT2D eigenvalue weighted by Gasteiger charge is -2.20. The van der Waals surface area contributed by atoms with E-state index in [2.05, 4.69) is 36.1 Å². The summed E-state index contributed by atoms with van der Waals surface area (Å²) < 4.78 is 24.7. The van der Waals surface area contributed by atoms with Crippen LogP contribution in [0, 0.1) is 5.92 Å². The number of hydrogen-bond donors (Lipinski definition) is 0. The molecule has 3 rings (SSSR count). The van der Waals surface area contributed by atoms with Gasteiger partial charge in [-0.3, -0.25) is 0 Å². The lowest BCUT2D eigenvalue weighted by molar-refractivity contribution is 0.272. The van der Waals surface area contributed by atoms with Crippen molar-refractivity contribution in [1.29, 1.82) is 0 Å². The lowest BCUT2D eigenvalue weighted by Crippen LogP contribution is -2.28. The van der Waals surface area contributed by atoms with E-state index in [0.717, 1.165) is 30.1 Å². The van der Waals surface area contributed by atoms with E-state index >= 15 is 0 Å². The van der Waals surface area contributed by atoms with Gasteiger partial charge >= 0.3 is 0 Å². The molecule has 0 spiro atoms. The van der Waals surface area contributed by atoms with Crippen LogP contribution in [-0.4, -0.2) is 38.2 Å². The third-order valence-electron chi connectivity index (χ3n) is 5.43. The molecule has 3 nitrogen and oxygen atoms in total. The van der Waals surface area contributed by atoms with E-state index in [0.29, 0.717) is 4.90 Å². The standard InChI is InChI=1S/C23H31NO2S/c1-18(2)17-27(25,26)23-12-10-22(11-13-23)21-8-6-20(7-9-21)14-16-24-15-4-5-19(24)3/h6-13,18-19H,4-5,14-17H2,1-3H3. The van der Waals surface area contributed by atoms with Crippen LogP contribution in [-0.2, 0) is 16.3 Å². The van der Waals surface area contributed by atoms with Crippen molar-refractivity contribution in [3.63, 3.8) is 0 Å². The van der Waals surface area contributed by atoms with Gasteiger partial charge in [0.05, 0.1) is 10.6 Å². The molecule has 27 heavy (non-hydrogen) atoms. The van der Waals surface area contributed by atoms with Gasteiger partial charge in [0.2, 0.25) is 0 Å². The van der Waals surface area contributed by atoms with Crippen LogP contribution >= 0.6 is 0 Å². The monoisotopic (exact) mass is 385 g/mol. The highest BCUT2D eigenvalue weighted by Crippen LogP contribution is 2.24. The molecule has 1 fully saturated rings. The fourth-order valence-corrected chi connectivity index (χ4v) is 5.47. The molecule has 0 amide bonds. The van der Waals surface area contributed by atoms with Crippen LogP contribution in [0.3, 0.4) is 0 Å². The number of sulfone groups is 1. The van der Waals surface area contributed by atoms with Crippen molar-refractivity contribution >= 4 is 9.84 Å². The van der Waals surface area contributed by atoms with Crippen molar-refractivity contribution in [2.24, 2.45) is 5.92 Å². The molecule has 1 saturated heterocycles. The second kappa shape index (κ2) is 8.57.